The third-order valence-electron chi connectivity index (χ3n) is 5.46. The number of aryl methyl sites for hydroxylation is 2. The normalized spacial score (nSPS) is 11.1. The summed E-state index contributed by atoms with van der Waals surface area (Å²) in [6, 6.07) is 19.2. The van der Waals surface area contributed by atoms with Crippen LogP contribution in [0.25, 0.3) is 28.0 Å². The van der Waals surface area contributed by atoms with Gasteiger partial charge in [0, 0.05) is 17.7 Å². The van der Waals surface area contributed by atoms with Gasteiger partial charge in [-0.15, -0.1) is 0 Å². The molecule has 0 atom stereocenters. The summed E-state index contributed by atoms with van der Waals surface area (Å²) in [7, 11) is 0. The van der Waals surface area contributed by atoms with E-state index in [0.717, 1.165) is 16.8 Å². The van der Waals surface area contributed by atoms with Crippen molar-refractivity contribution in [2.75, 3.05) is 0 Å². The van der Waals surface area contributed by atoms with E-state index in [0.29, 0.717) is 27.5 Å². The lowest BCUT2D eigenvalue weighted by atomic mass is 10.1. The van der Waals surface area contributed by atoms with Crippen LogP contribution in [0.4, 0.5) is 5.69 Å². The fourth-order valence-corrected chi connectivity index (χ4v) is 4.54. The van der Waals surface area contributed by atoms with Crippen molar-refractivity contribution in [2.24, 2.45) is 0 Å². The lowest BCUT2D eigenvalue weighted by molar-refractivity contribution is -0.384. The van der Waals surface area contributed by atoms with Gasteiger partial charge in [0.15, 0.2) is 5.16 Å². The summed E-state index contributed by atoms with van der Waals surface area (Å²) in [5, 5.41) is 16.1. The number of nitrogens with zero attached hydrogens (tertiary/aromatic N) is 5. The topological polar surface area (TPSA) is 117 Å². The highest BCUT2D eigenvalue weighted by Crippen LogP contribution is 2.27. The van der Waals surface area contributed by atoms with Crippen LogP contribution in [-0.4, -0.2) is 24.6 Å². The number of non-ortho nitro benzene ring substituents is 1. The first-order chi connectivity index (χ1) is 16.9. The second-order valence-electron chi connectivity index (χ2n) is 7.95. The SMILES string of the molecule is Cc1ccc(C)c(-n2c(SCc3nc(-c4cccc([N+](=O)[O-])c4)no3)nc3ccccc3c2=O)c1. The number of hydrogen-bond donors (Lipinski definition) is 0. The highest BCUT2D eigenvalue weighted by Gasteiger charge is 2.18. The van der Waals surface area contributed by atoms with E-state index < -0.39 is 4.92 Å². The van der Waals surface area contributed by atoms with Crippen LogP contribution in [0.1, 0.15) is 17.0 Å². The summed E-state index contributed by atoms with van der Waals surface area (Å²) < 4.78 is 7.00. The molecule has 0 N–H and O–H groups in total. The Morgan fingerprint density at radius 1 is 1.03 bits per heavy atom. The summed E-state index contributed by atoms with van der Waals surface area (Å²) in [6.07, 6.45) is 0. The fraction of sp³-hybridized carbons (Fsp3) is 0.120. The maximum Gasteiger partial charge on any atom is 0.270 e. The van der Waals surface area contributed by atoms with E-state index in [4.69, 9.17) is 9.51 Å². The van der Waals surface area contributed by atoms with E-state index in [-0.39, 0.29) is 22.8 Å². The number of fused-ring (bicyclic) bond motifs is 1. The van der Waals surface area contributed by atoms with Crippen LogP contribution in [-0.2, 0) is 5.75 Å². The van der Waals surface area contributed by atoms with Crippen LogP contribution in [0, 0.1) is 24.0 Å². The molecule has 0 aliphatic carbocycles. The van der Waals surface area contributed by atoms with Gasteiger partial charge < -0.3 is 4.52 Å². The average Bonchev–Trinajstić information content (AvgIpc) is 3.34. The van der Waals surface area contributed by atoms with Gasteiger partial charge in [0.05, 0.1) is 27.3 Å². The number of rotatable bonds is 6. The molecular weight excluding hydrogens is 466 g/mol. The lowest BCUT2D eigenvalue weighted by Crippen LogP contribution is -2.22. The van der Waals surface area contributed by atoms with E-state index in [2.05, 4.69) is 10.1 Å². The first-order valence-electron chi connectivity index (χ1n) is 10.7. The van der Waals surface area contributed by atoms with Gasteiger partial charge in [0.2, 0.25) is 11.7 Å². The molecule has 0 radical (unpaired) electrons. The van der Waals surface area contributed by atoms with E-state index in [1.54, 1.807) is 28.8 Å². The van der Waals surface area contributed by atoms with Crippen LogP contribution in [0.2, 0.25) is 0 Å². The maximum absolute atomic E-state index is 13.5. The van der Waals surface area contributed by atoms with Gasteiger partial charge in [-0.25, -0.2) is 4.98 Å². The Morgan fingerprint density at radius 2 is 1.86 bits per heavy atom. The molecule has 9 nitrogen and oxygen atoms in total. The largest absolute Gasteiger partial charge is 0.338 e. The Hall–Kier alpha value is -4.31. The van der Waals surface area contributed by atoms with Gasteiger partial charge in [-0.2, -0.15) is 4.98 Å². The number of hydrogen-bond acceptors (Lipinski definition) is 8. The van der Waals surface area contributed by atoms with Crippen LogP contribution in [0.5, 0.6) is 0 Å². The summed E-state index contributed by atoms with van der Waals surface area (Å²) >= 11 is 1.30. The van der Waals surface area contributed by atoms with Crippen LogP contribution >= 0.6 is 11.8 Å². The molecule has 174 valence electrons. The zero-order chi connectivity index (χ0) is 24.5. The molecule has 0 fully saturated rings. The third-order valence-corrected chi connectivity index (χ3v) is 6.38. The Labute approximate surface area is 203 Å². The van der Waals surface area contributed by atoms with Gasteiger partial charge >= 0.3 is 0 Å². The molecule has 0 aliphatic heterocycles. The van der Waals surface area contributed by atoms with Gasteiger partial charge in [-0.1, -0.05) is 53.3 Å². The molecular formula is C25H19N5O4S. The maximum atomic E-state index is 13.5. The number of nitro benzene ring substituents is 1. The van der Waals surface area contributed by atoms with Gasteiger partial charge in [-0.05, 0) is 43.2 Å². The highest BCUT2D eigenvalue weighted by atomic mass is 32.2. The first kappa shape index (κ1) is 22.5. The van der Waals surface area contributed by atoms with E-state index in [9.17, 15) is 14.9 Å². The smallest absolute Gasteiger partial charge is 0.270 e. The number of nitro groups is 1. The second-order valence-corrected chi connectivity index (χ2v) is 8.89. The third kappa shape index (κ3) is 4.43. The van der Waals surface area contributed by atoms with Gasteiger partial charge in [-0.3, -0.25) is 19.5 Å². The predicted octanol–water partition coefficient (Wildman–Crippen LogP) is 5.25. The number of thioether (sulfide) groups is 1. The summed E-state index contributed by atoms with van der Waals surface area (Å²) in [4.78, 5) is 33.2. The molecule has 0 aliphatic rings. The summed E-state index contributed by atoms with van der Waals surface area (Å²) in [6.45, 7) is 3.93. The minimum absolute atomic E-state index is 0.0545. The quantitative estimate of drug-likeness (QED) is 0.138. The summed E-state index contributed by atoms with van der Waals surface area (Å²) in [5.41, 5.74) is 3.61. The van der Waals surface area contributed by atoms with Crippen molar-refractivity contribution in [1.29, 1.82) is 0 Å². The second kappa shape index (κ2) is 9.15. The Morgan fingerprint density at radius 3 is 2.69 bits per heavy atom. The fourth-order valence-electron chi connectivity index (χ4n) is 3.70. The van der Waals surface area contributed by atoms with Crippen molar-refractivity contribution in [2.45, 2.75) is 24.8 Å². The molecule has 2 aromatic heterocycles. The van der Waals surface area contributed by atoms with Crippen LogP contribution in [0.15, 0.2) is 81.2 Å². The van der Waals surface area contributed by atoms with Crippen molar-refractivity contribution in [3.05, 3.63) is 104 Å². The molecule has 0 saturated heterocycles. The zero-order valence-corrected chi connectivity index (χ0v) is 19.7. The number of para-hydroxylation sites is 1. The van der Waals surface area contributed by atoms with Crippen molar-refractivity contribution in [3.8, 4) is 17.1 Å². The molecule has 10 heteroatoms. The predicted molar refractivity (Wildman–Crippen MR) is 133 cm³/mol. The molecule has 2 heterocycles. The molecule has 5 aromatic rings. The molecule has 0 unspecified atom stereocenters. The minimum atomic E-state index is -0.474. The molecule has 35 heavy (non-hydrogen) atoms. The lowest BCUT2D eigenvalue weighted by Gasteiger charge is -2.15. The Bertz CT molecular complexity index is 1640. The molecule has 5 rings (SSSR count). The Kier molecular flexibility index (Phi) is 5.87. The van der Waals surface area contributed by atoms with Crippen molar-refractivity contribution >= 4 is 28.4 Å². The van der Waals surface area contributed by atoms with E-state index >= 15 is 0 Å². The molecule has 0 amide bonds. The van der Waals surface area contributed by atoms with Crippen LogP contribution in [0.3, 0.4) is 0 Å². The molecule has 0 bridgehead atoms. The summed E-state index contributed by atoms with van der Waals surface area (Å²) in [5.74, 6) is 0.825. The highest BCUT2D eigenvalue weighted by molar-refractivity contribution is 7.98. The van der Waals surface area contributed by atoms with Crippen LogP contribution < -0.4 is 5.56 Å². The van der Waals surface area contributed by atoms with Crippen molar-refractivity contribution < 1.29 is 9.45 Å². The molecule has 0 spiro atoms. The standard InChI is InChI=1S/C25H19N5O4S/c1-15-10-11-16(2)21(12-15)29-24(31)19-8-3-4-9-20(19)26-25(29)35-14-22-27-23(28-34-22)17-6-5-7-18(13-17)30(32)33/h3-13H,14H2,1-2H3. The first-order valence-corrected chi connectivity index (χ1v) is 11.7. The van der Waals surface area contributed by atoms with Gasteiger partial charge in [0.25, 0.3) is 11.2 Å². The van der Waals surface area contributed by atoms with Gasteiger partial charge in [0.1, 0.15) is 0 Å². The zero-order valence-electron chi connectivity index (χ0n) is 18.8. The van der Waals surface area contributed by atoms with E-state index in [1.807, 2.05) is 44.2 Å². The monoisotopic (exact) mass is 485 g/mol. The minimum Gasteiger partial charge on any atom is -0.338 e. The number of aromatic nitrogens is 4. The number of benzene rings is 3. The van der Waals surface area contributed by atoms with Crippen molar-refractivity contribution in [3.63, 3.8) is 0 Å². The van der Waals surface area contributed by atoms with Crippen molar-refractivity contribution in [1.82, 2.24) is 19.7 Å². The average molecular weight is 486 g/mol. The Balaban J connectivity index is 1.52. The molecule has 0 saturated carbocycles. The van der Waals surface area contributed by atoms with E-state index in [1.165, 1.54) is 23.9 Å². The molecule has 3 aromatic carbocycles.